The van der Waals surface area contributed by atoms with Crippen molar-refractivity contribution in [2.75, 3.05) is 0 Å². The number of hydrogen-bond acceptors (Lipinski definition) is 5. The number of cyclic esters (lactones) is 1. The largest absolute Gasteiger partial charge is 0.439 e. The third-order valence-corrected chi connectivity index (χ3v) is 3.92. The summed E-state index contributed by atoms with van der Waals surface area (Å²) in [5, 5.41) is 2.76. The lowest BCUT2D eigenvalue weighted by Gasteiger charge is -2.17. The van der Waals surface area contributed by atoms with Gasteiger partial charge in [-0.3, -0.25) is 9.97 Å². The normalized spacial score (nSPS) is 19.3. The van der Waals surface area contributed by atoms with Crippen molar-refractivity contribution in [3.8, 4) is 11.4 Å². The maximum absolute atomic E-state index is 13.2. The summed E-state index contributed by atoms with van der Waals surface area (Å²) in [7, 11) is 0. The van der Waals surface area contributed by atoms with Crippen molar-refractivity contribution in [2.24, 2.45) is 0 Å². The molecule has 1 aliphatic heterocycles. The second-order valence-corrected chi connectivity index (χ2v) is 5.54. The van der Waals surface area contributed by atoms with Crippen LogP contribution in [0.5, 0.6) is 0 Å². The van der Waals surface area contributed by atoms with E-state index < -0.39 is 18.2 Å². The molecule has 4 rings (SSSR count). The summed E-state index contributed by atoms with van der Waals surface area (Å²) in [5.41, 5.74) is 2.59. The lowest BCUT2D eigenvalue weighted by Crippen LogP contribution is -2.20. The van der Waals surface area contributed by atoms with Crippen LogP contribution in [0.1, 0.15) is 23.4 Å². The van der Waals surface area contributed by atoms with Crippen molar-refractivity contribution >= 4 is 6.09 Å². The second-order valence-electron chi connectivity index (χ2n) is 5.54. The zero-order valence-electron chi connectivity index (χ0n) is 13.0. The van der Waals surface area contributed by atoms with Crippen LogP contribution in [-0.4, -0.2) is 21.0 Å². The Hall–Kier alpha value is -3.35. The Morgan fingerprint density at radius 2 is 1.88 bits per heavy atom. The zero-order chi connectivity index (χ0) is 17.2. The number of alkyl carbamates (subject to hydrolysis) is 1. The van der Waals surface area contributed by atoms with E-state index in [9.17, 15) is 9.18 Å². The molecule has 1 saturated heterocycles. The number of nitrogens with one attached hydrogen (secondary N) is 1. The Balaban J connectivity index is 1.70. The smallest absolute Gasteiger partial charge is 0.408 e. The standard InChI is InChI=1S/C18H13FN4O2/c19-12-6-4-11(5-7-12)17-16(23-18(24)25-17)14-3-1-2-13(22-14)15-10-20-8-9-21-15/h1-10,16-17H,(H,23,24)/t16-,17-/m0/s1. The van der Waals surface area contributed by atoms with Gasteiger partial charge in [-0.15, -0.1) is 0 Å². The number of aromatic nitrogens is 3. The van der Waals surface area contributed by atoms with Crippen LogP contribution in [-0.2, 0) is 4.74 Å². The average molecular weight is 336 g/mol. The fourth-order valence-electron chi connectivity index (χ4n) is 2.76. The van der Waals surface area contributed by atoms with E-state index >= 15 is 0 Å². The molecule has 124 valence electrons. The van der Waals surface area contributed by atoms with Crippen LogP contribution >= 0.6 is 0 Å². The number of nitrogens with zero attached hydrogens (tertiary/aromatic N) is 3. The highest BCUT2D eigenvalue weighted by molar-refractivity contribution is 5.71. The van der Waals surface area contributed by atoms with Crippen LogP contribution in [0.4, 0.5) is 9.18 Å². The molecule has 0 aliphatic carbocycles. The molecule has 3 aromatic rings. The van der Waals surface area contributed by atoms with E-state index in [0.717, 1.165) is 0 Å². The number of halogens is 1. The third-order valence-electron chi connectivity index (χ3n) is 3.92. The Labute approximate surface area is 142 Å². The molecular formula is C18H13FN4O2. The van der Waals surface area contributed by atoms with Gasteiger partial charge < -0.3 is 10.1 Å². The van der Waals surface area contributed by atoms with E-state index in [1.165, 1.54) is 12.1 Å². The summed E-state index contributed by atoms with van der Waals surface area (Å²) >= 11 is 0. The van der Waals surface area contributed by atoms with Crippen LogP contribution in [0, 0.1) is 5.82 Å². The number of amides is 1. The number of carbonyl (C=O) groups excluding carboxylic acids is 1. The summed E-state index contributed by atoms with van der Waals surface area (Å²) in [6.45, 7) is 0. The fourth-order valence-corrected chi connectivity index (χ4v) is 2.76. The number of ether oxygens (including phenoxy) is 1. The van der Waals surface area contributed by atoms with Gasteiger partial charge in [0.15, 0.2) is 6.10 Å². The number of carbonyl (C=O) groups is 1. The minimum Gasteiger partial charge on any atom is -0.439 e. The molecule has 2 aromatic heterocycles. The highest BCUT2D eigenvalue weighted by Crippen LogP contribution is 2.36. The molecular weight excluding hydrogens is 323 g/mol. The zero-order valence-corrected chi connectivity index (χ0v) is 13.0. The molecule has 0 bridgehead atoms. The van der Waals surface area contributed by atoms with E-state index in [4.69, 9.17) is 4.74 Å². The van der Waals surface area contributed by atoms with Crippen LogP contribution in [0.2, 0.25) is 0 Å². The van der Waals surface area contributed by atoms with Gasteiger partial charge in [-0.25, -0.2) is 14.2 Å². The summed E-state index contributed by atoms with van der Waals surface area (Å²) in [6, 6.07) is 10.8. The van der Waals surface area contributed by atoms with Gasteiger partial charge in [-0.1, -0.05) is 18.2 Å². The molecule has 7 heteroatoms. The van der Waals surface area contributed by atoms with Crippen LogP contribution in [0.3, 0.4) is 0 Å². The van der Waals surface area contributed by atoms with Gasteiger partial charge in [0.1, 0.15) is 17.6 Å². The molecule has 1 aromatic carbocycles. The predicted octanol–water partition coefficient (Wildman–Crippen LogP) is 3.20. The first kappa shape index (κ1) is 15.2. The first-order valence-corrected chi connectivity index (χ1v) is 7.67. The minimum atomic E-state index is -0.585. The Morgan fingerprint density at radius 3 is 2.64 bits per heavy atom. The maximum atomic E-state index is 13.2. The number of rotatable bonds is 3. The molecule has 0 saturated carbocycles. The van der Waals surface area contributed by atoms with Crippen molar-refractivity contribution in [1.82, 2.24) is 20.3 Å². The molecule has 1 fully saturated rings. The number of benzene rings is 1. The average Bonchev–Trinajstić information content (AvgIpc) is 3.05. The van der Waals surface area contributed by atoms with Crippen LogP contribution in [0.25, 0.3) is 11.4 Å². The van der Waals surface area contributed by atoms with E-state index in [1.54, 1.807) is 36.8 Å². The molecule has 1 aliphatic rings. The van der Waals surface area contributed by atoms with E-state index in [2.05, 4.69) is 20.3 Å². The first-order chi connectivity index (χ1) is 12.2. The van der Waals surface area contributed by atoms with Crippen LogP contribution in [0.15, 0.2) is 61.1 Å². The summed E-state index contributed by atoms with van der Waals surface area (Å²) < 4.78 is 18.5. The molecule has 6 nitrogen and oxygen atoms in total. The molecule has 0 radical (unpaired) electrons. The maximum Gasteiger partial charge on any atom is 0.408 e. The monoisotopic (exact) mass is 336 g/mol. The van der Waals surface area contributed by atoms with Crippen LogP contribution < -0.4 is 5.32 Å². The quantitative estimate of drug-likeness (QED) is 0.795. The fraction of sp³-hybridized carbons (Fsp3) is 0.111. The second kappa shape index (κ2) is 6.27. The van der Waals surface area contributed by atoms with Crippen molar-refractivity contribution in [1.29, 1.82) is 0 Å². The van der Waals surface area contributed by atoms with Crippen molar-refractivity contribution in [2.45, 2.75) is 12.1 Å². The van der Waals surface area contributed by atoms with Gasteiger partial charge in [-0.05, 0) is 29.8 Å². The topological polar surface area (TPSA) is 77.0 Å². The van der Waals surface area contributed by atoms with Crippen molar-refractivity contribution < 1.29 is 13.9 Å². The minimum absolute atomic E-state index is 0.347. The molecule has 3 heterocycles. The first-order valence-electron chi connectivity index (χ1n) is 7.67. The van der Waals surface area contributed by atoms with Gasteiger partial charge in [0.05, 0.1) is 17.6 Å². The summed E-state index contributed by atoms with van der Waals surface area (Å²) in [6.07, 6.45) is 3.67. The summed E-state index contributed by atoms with van der Waals surface area (Å²) in [5.74, 6) is -0.347. The molecule has 2 atom stereocenters. The molecule has 0 spiro atoms. The van der Waals surface area contributed by atoms with Gasteiger partial charge in [0.25, 0.3) is 0 Å². The van der Waals surface area contributed by atoms with Crippen molar-refractivity contribution in [3.05, 3.63) is 78.1 Å². The third kappa shape index (κ3) is 3.03. The van der Waals surface area contributed by atoms with E-state index in [0.29, 0.717) is 22.6 Å². The molecule has 1 amide bonds. The Morgan fingerprint density at radius 1 is 1.04 bits per heavy atom. The van der Waals surface area contributed by atoms with Gasteiger partial charge >= 0.3 is 6.09 Å². The number of hydrogen-bond donors (Lipinski definition) is 1. The Kier molecular flexibility index (Phi) is 3.81. The van der Waals surface area contributed by atoms with Gasteiger partial charge in [-0.2, -0.15) is 0 Å². The lowest BCUT2D eigenvalue weighted by molar-refractivity contribution is 0.132. The molecule has 1 N–H and O–H groups in total. The molecule has 25 heavy (non-hydrogen) atoms. The molecule has 0 unspecified atom stereocenters. The predicted molar refractivity (Wildman–Crippen MR) is 86.8 cm³/mol. The summed E-state index contributed by atoms with van der Waals surface area (Å²) in [4.78, 5) is 24.6. The highest BCUT2D eigenvalue weighted by atomic mass is 19.1. The van der Waals surface area contributed by atoms with Crippen molar-refractivity contribution in [3.63, 3.8) is 0 Å². The number of pyridine rings is 1. The van der Waals surface area contributed by atoms with Gasteiger partial charge in [0.2, 0.25) is 0 Å². The van der Waals surface area contributed by atoms with E-state index in [1.807, 2.05) is 12.1 Å². The lowest BCUT2D eigenvalue weighted by atomic mass is 9.99. The Bertz CT molecular complexity index is 902. The van der Waals surface area contributed by atoms with E-state index in [-0.39, 0.29) is 5.82 Å². The van der Waals surface area contributed by atoms with Gasteiger partial charge in [0, 0.05) is 12.4 Å². The SMILES string of the molecule is O=C1N[C@@H](c2cccc(-c3cnccn3)n2)[C@H](c2ccc(F)cc2)O1. The highest BCUT2D eigenvalue weighted by Gasteiger charge is 2.37.